The second-order valence-electron chi connectivity index (χ2n) is 12.7. The Hall–Kier alpha value is -6.98. The van der Waals surface area contributed by atoms with Crippen LogP contribution in [0.1, 0.15) is 0 Å². The molecule has 0 N–H and O–H groups in total. The summed E-state index contributed by atoms with van der Waals surface area (Å²) in [6.45, 7) is 0. The summed E-state index contributed by atoms with van der Waals surface area (Å²) in [6, 6.07) is 58.4. The number of hydrogen-bond donors (Lipinski definition) is 0. The summed E-state index contributed by atoms with van der Waals surface area (Å²) in [6.07, 6.45) is 0. The van der Waals surface area contributed by atoms with Crippen molar-refractivity contribution < 1.29 is 4.42 Å². The van der Waals surface area contributed by atoms with E-state index in [1.807, 2.05) is 36.4 Å². The lowest BCUT2D eigenvalue weighted by molar-refractivity contribution is 0.623. The van der Waals surface area contributed by atoms with Gasteiger partial charge in [0.25, 0.3) is 0 Å². The summed E-state index contributed by atoms with van der Waals surface area (Å²) >= 11 is 0. The molecule has 10 rings (SSSR count). The maximum absolute atomic E-state index is 6.38. The van der Waals surface area contributed by atoms with Gasteiger partial charge in [0, 0.05) is 27.6 Å². The third-order valence-corrected chi connectivity index (χ3v) is 9.50. The molecule has 51 heavy (non-hydrogen) atoms. The second-order valence-corrected chi connectivity index (χ2v) is 12.7. The summed E-state index contributed by atoms with van der Waals surface area (Å²) < 4.78 is 6.38. The fraction of sp³-hybridized carbons (Fsp3) is 0. The maximum atomic E-state index is 6.38. The lowest BCUT2D eigenvalue weighted by atomic mass is 9.99. The van der Waals surface area contributed by atoms with Gasteiger partial charge >= 0.3 is 0 Å². The highest BCUT2D eigenvalue weighted by molar-refractivity contribution is 6.05. The van der Waals surface area contributed by atoms with Crippen molar-refractivity contribution in [3.05, 3.63) is 170 Å². The molecule has 2 aromatic heterocycles. The maximum Gasteiger partial charge on any atom is 0.227 e. The van der Waals surface area contributed by atoms with Crippen LogP contribution in [-0.4, -0.2) is 19.9 Å². The summed E-state index contributed by atoms with van der Waals surface area (Å²) in [5, 5.41) is 6.73. The number of fused-ring (bicyclic) bond motifs is 5. The number of rotatable bonds is 5. The second kappa shape index (κ2) is 11.9. The first kappa shape index (κ1) is 29.0. The van der Waals surface area contributed by atoms with Crippen molar-refractivity contribution >= 4 is 43.4 Å². The highest BCUT2D eigenvalue weighted by Crippen LogP contribution is 2.35. The highest BCUT2D eigenvalue weighted by Gasteiger charge is 2.16. The Bertz CT molecular complexity index is 2830. The highest BCUT2D eigenvalue weighted by atomic mass is 16.3. The van der Waals surface area contributed by atoms with Gasteiger partial charge in [0.05, 0.1) is 0 Å². The molecule has 0 amide bonds. The van der Waals surface area contributed by atoms with Crippen molar-refractivity contribution in [2.75, 3.05) is 0 Å². The Labute approximate surface area is 293 Å². The van der Waals surface area contributed by atoms with Gasteiger partial charge in [0.15, 0.2) is 23.1 Å². The van der Waals surface area contributed by atoms with E-state index in [0.29, 0.717) is 23.4 Å². The van der Waals surface area contributed by atoms with Gasteiger partial charge in [0.1, 0.15) is 5.52 Å². The van der Waals surface area contributed by atoms with Crippen molar-refractivity contribution in [1.29, 1.82) is 0 Å². The topological polar surface area (TPSA) is 64.7 Å². The molecule has 5 nitrogen and oxygen atoms in total. The molecule has 0 fully saturated rings. The van der Waals surface area contributed by atoms with Gasteiger partial charge in [-0.1, -0.05) is 127 Å². The van der Waals surface area contributed by atoms with Gasteiger partial charge in [-0.2, -0.15) is 0 Å². The summed E-state index contributed by atoms with van der Waals surface area (Å²) in [5.41, 5.74) is 7.47. The zero-order chi connectivity index (χ0) is 33.7. The van der Waals surface area contributed by atoms with E-state index in [2.05, 4.69) is 133 Å². The summed E-state index contributed by atoms with van der Waals surface area (Å²) in [4.78, 5) is 20.0. The molecular weight excluding hydrogens is 625 g/mol. The molecule has 5 heteroatoms. The molecule has 0 aliphatic rings. The van der Waals surface area contributed by atoms with Crippen LogP contribution in [0, 0.1) is 0 Å². The molecule has 0 saturated heterocycles. The Balaban J connectivity index is 1.10. The molecule has 0 aliphatic carbocycles. The molecule has 10 aromatic rings. The van der Waals surface area contributed by atoms with E-state index in [0.717, 1.165) is 66.0 Å². The van der Waals surface area contributed by atoms with E-state index in [-0.39, 0.29) is 0 Å². The van der Waals surface area contributed by atoms with Gasteiger partial charge in [-0.3, -0.25) is 0 Å². The average molecular weight is 653 g/mol. The Morgan fingerprint density at radius 1 is 0.314 bits per heavy atom. The number of hydrogen-bond acceptors (Lipinski definition) is 5. The molecule has 8 aromatic carbocycles. The first-order valence-corrected chi connectivity index (χ1v) is 17.0. The van der Waals surface area contributed by atoms with Gasteiger partial charge in [-0.05, 0) is 80.5 Å². The molecule has 0 unspecified atom stereocenters. The standard InChI is InChI=1S/C46H28N4O/c1-2-11-32(12-3-1)46-47-41-24-23-31-19-20-36(28-40(31)42(41)51-46)35-15-8-16-37(27-35)43-48-44(38-21-17-29-9-4-6-13-33(29)25-38)50-45(49-43)39-22-18-30-10-5-7-14-34(30)26-39/h1-28H. The van der Waals surface area contributed by atoms with E-state index in [1.165, 1.54) is 10.8 Å². The van der Waals surface area contributed by atoms with Crippen LogP contribution < -0.4 is 0 Å². The lowest BCUT2D eigenvalue weighted by Gasteiger charge is -2.11. The molecule has 238 valence electrons. The van der Waals surface area contributed by atoms with Gasteiger partial charge in [-0.15, -0.1) is 0 Å². The zero-order valence-electron chi connectivity index (χ0n) is 27.4. The molecular formula is C46H28N4O. The normalized spacial score (nSPS) is 11.5. The largest absolute Gasteiger partial charge is 0.435 e. The van der Waals surface area contributed by atoms with Crippen LogP contribution in [0.3, 0.4) is 0 Å². The first-order chi connectivity index (χ1) is 25.2. The van der Waals surface area contributed by atoms with E-state index >= 15 is 0 Å². The number of nitrogens with zero attached hydrogens (tertiary/aromatic N) is 4. The van der Waals surface area contributed by atoms with Crippen LogP contribution in [0.25, 0.3) is 100 Å². The van der Waals surface area contributed by atoms with E-state index < -0.39 is 0 Å². The van der Waals surface area contributed by atoms with Crippen LogP contribution in [0.2, 0.25) is 0 Å². The fourth-order valence-corrected chi connectivity index (χ4v) is 6.85. The SMILES string of the molecule is c1ccc(-c2nc3ccc4ccc(-c5cccc(-c6nc(-c7ccc8ccccc8c7)nc(-c7ccc8ccccc8c7)n6)c5)cc4c3o2)cc1. The van der Waals surface area contributed by atoms with Crippen molar-refractivity contribution in [1.82, 2.24) is 19.9 Å². The quantitative estimate of drug-likeness (QED) is 0.185. The van der Waals surface area contributed by atoms with Crippen LogP contribution >= 0.6 is 0 Å². The molecule has 0 spiro atoms. The van der Waals surface area contributed by atoms with Gasteiger partial charge in [-0.25, -0.2) is 19.9 Å². The summed E-state index contributed by atoms with van der Waals surface area (Å²) in [7, 11) is 0. The van der Waals surface area contributed by atoms with Crippen LogP contribution in [0.15, 0.2) is 174 Å². The lowest BCUT2D eigenvalue weighted by Crippen LogP contribution is -2.00. The molecule has 2 heterocycles. The smallest absolute Gasteiger partial charge is 0.227 e. The third kappa shape index (κ3) is 5.29. The summed E-state index contributed by atoms with van der Waals surface area (Å²) in [5.74, 6) is 2.49. The van der Waals surface area contributed by atoms with Crippen LogP contribution in [0.4, 0.5) is 0 Å². The molecule has 0 aliphatic heterocycles. The molecule has 0 atom stereocenters. The Kier molecular flexibility index (Phi) is 6.74. The van der Waals surface area contributed by atoms with Gasteiger partial charge < -0.3 is 4.42 Å². The Morgan fingerprint density at radius 3 is 1.47 bits per heavy atom. The minimum Gasteiger partial charge on any atom is -0.435 e. The third-order valence-electron chi connectivity index (χ3n) is 9.50. The first-order valence-electron chi connectivity index (χ1n) is 17.0. The monoisotopic (exact) mass is 652 g/mol. The van der Waals surface area contributed by atoms with Crippen molar-refractivity contribution in [2.24, 2.45) is 0 Å². The molecule has 0 saturated carbocycles. The predicted octanol–water partition coefficient (Wildman–Crippen LogP) is 11.8. The number of benzene rings is 8. The van der Waals surface area contributed by atoms with E-state index in [4.69, 9.17) is 24.4 Å². The minimum atomic E-state index is 0.615. The average Bonchev–Trinajstić information content (AvgIpc) is 3.66. The molecule has 0 radical (unpaired) electrons. The molecule has 0 bridgehead atoms. The Morgan fingerprint density at radius 2 is 0.804 bits per heavy atom. The van der Waals surface area contributed by atoms with Crippen molar-refractivity contribution in [2.45, 2.75) is 0 Å². The van der Waals surface area contributed by atoms with Crippen molar-refractivity contribution in [3.63, 3.8) is 0 Å². The minimum absolute atomic E-state index is 0.615. The van der Waals surface area contributed by atoms with E-state index in [1.54, 1.807) is 0 Å². The number of aromatic nitrogens is 4. The van der Waals surface area contributed by atoms with E-state index in [9.17, 15) is 0 Å². The van der Waals surface area contributed by atoms with Crippen LogP contribution in [0.5, 0.6) is 0 Å². The van der Waals surface area contributed by atoms with Crippen molar-refractivity contribution in [3.8, 4) is 56.7 Å². The number of oxazole rings is 1. The van der Waals surface area contributed by atoms with Crippen LogP contribution in [-0.2, 0) is 0 Å². The van der Waals surface area contributed by atoms with Gasteiger partial charge in [0.2, 0.25) is 5.89 Å². The fourth-order valence-electron chi connectivity index (χ4n) is 6.85. The zero-order valence-corrected chi connectivity index (χ0v) is 27.4. The predicted molar refractivity (Wildman–Crippen MR) is 207 cm³/mol.